The number of benzene rings is 6. The Morgan fingerprint density at radius 3 is 2.12 bits per heavy atom. The van der Waals surface area contributed by atoms with E-state index in [2.05, 4.69) is 132 Å². The molecule has 5 atom stereocenters. The molecule has 3 bridgehead atoms. The van der Waals surface area contributed by atoms with Gasteiger partial charge in [0.15, 0.2) is 0 Å². The second kappa shape index (κ2) is 11.0. The fourth-order valence-corrected chi connectivity index (χ4v) is 13.6. The van der Waals surface area contributed by atoms with E-state index in [9.17, 15) is 0 Å². The normalized spacial score (nSPS) is 27.0. The van der Waals surface area contributed by atoms with Crippen LogP contribution < -0.4 is 4.90 Å². The van der Waals surface area contributed by atoms with Crippen LogP contribution in [-0.4, -0.2) is 0 Å². The first-order valence-corrected chi connectivity index (χ1v) is 20.5. The molecule has 0 heterocycles. The third-order valence-corrected chi connectivity index (χ3v) is 15.4. The number of anilines is 3. The van der Waals surface area contributed by atoms with Gasteiger partial charge in [0.05, 0.1) is 5.69 Å². The molecular weight excluding hydrogens is 627 g/mol. The topological polar surface area (TPSA) is 3.24 Å². The molecule has 0 radical (unpaired) electrons. The van der Waals surface area contributed by atoms with Crippen LogP contribution in [0.3, 0.4) is 0 Å². The van der Waals surface area contributed by atoms with Crippen LogP contribution in [0.1, 0.15) is 92.9 Å². The van der Waals surface area contributed by atoms with E-state index < -0.39 is 0 Å². The lowest BCUT2D eigenvalue weighted by Crippen LogP contribution is -2.37. The number of rotatable bonds is 3. The van der Waals surface area contributed by atoms with Gasteiger partial charge in [-0.25, -0.2) is 0 Å². The van der Waals surface area contributed by atoms with E-state index in [0.717, 1.165) is 23.7 Å². The fourth-order valence-electron chi connectivity index (χ4n) is 13.6. The van der Waals surface area contributed by atoms with Crippen molar-refractivity contribution in [2.24, 2.45) is 23.7 Å². The Morgan fingerprint density at radius 1 is 0.500 bits per heavy atom. The molecule has 0 N–H and O–H groups in total. The molecule has 1 nitrogen and oxygen atoms in total. The van der Waals surface area contributed by atoms with Gasteiger partial charge in [0.25, 0.3) is 0 Å². The van der Waals surface area contributed by atoms with Crippen molar-refractivity contribution < 1.29 is 0 Å². The number of hydrogen-bond acceptors (Lipinski definition) is 1. The van der Waals surface area contributed by atoms with Gasteiger partial charge in [-0.2, -0.15) is 0 Å². The van der Waals surface area contributed by atoms with Gasteiger partial charge < -0.3 is 4.90 Å². The fraction of sp³-hybridized carbons (Fsp3) is 0.333. The van der Waals surface area contributed by atoms with Crippen LogP contribution >= 0.6 is 0 Å². The summed E-state index contributed by atoms with van der Waals surface area (Å²) in [4.78, 5) is 2.61. The largest absolute Gasteiger partial charge is 0.310 e. The van der Waals surface area contributed by atoms with Crippen molar-refractivity contribution in [2.75, 3.05) is 4.90 Å². The number of fused-ring (bicyclic) bond motifs is 15. The Kier molecular flexibility index (Phi) is 6.30. The standard InChI is InChI=1S/C51H47N/c1-8-26-50(27-9-1)45-18-6-4-16-40(45)42-24-22-38(32-48(42)50)52(49-21-11-14-34-13-2-3-15-39(34)49)37-23-25-47-43(31-37)41-17-5-7-19-46(41)51(47)36-29-33-12-10-20-44(51)35(28-33)30-36/h2-7,11,13-19,21-25,31-33,35-36,44H,1,8-10,12,20,26-30H2. The lowest BCUT2D eigenvalue weighted by Gasteiger charge is -2.41. The molecule has 6 aliphatic carbocycles. The summed E-state index contributed by atoms with van der Waals surface area (Å²) in [5, 5.41) is 2.59. The summed E-state index contributed by atoms with van der Waals surface area (Å²) in [5.74, 6) is 3.37. The highest BCUT2D eigenvalue weighted by Gasteiger charge is 2.62. The molecule has 6 aromatic rings. The zero-order valence-corrected chi connectivity index (χ0v) is 30.2. The summed E-state index contributed by atoms with van der Waals surface area (Å²) in [6, 6.07) is 50.0. The highest BCUT2D eigenvalue weighted by molar-refractivity contribution is 6.00. The summed E-state index contributed by atoms with van der Waals surface area (Å²) in [7, 11) is 0. The zero-order valence-electron chi connectivity index (χ0n) is 30.2. The molecule has 0 aliphatic heterocycles. The second-order valence-electron chi connectivity index (χ2n) is 17.5. The van der Waals surface area contributed by atoms with Crippen molar-refractivity contribution >= 4 is 27.8 Å². The van der Waals surface area contributed by atoms with Gasteiger partial charge in [-0.05, 0) is 142 Å². The monoisotopic (exact) mass is 673 g/mol. The third kappa shape index (κ3) is 3.85. The summed E-state index contributed by atoms with van der Waals surface area (Å²) in [5.41, 5.74) is 16.4. The molecule has 256 valence electrons. The van der Waals surface area contributed by atoms with E-state index >= 15 is 0 Å². The van der Waals surface area contributed by atoms with Crippen LogP contribution in [0, 0.1) is 23.7 Å². The minimum Gasteiger partial charge on any atom is -0.310 e. The van der Waals surface area contributed by atoms with E-state index in [-0.39, 0.29) is 10.8 Å². The maximum absolute atomic E-state index is 2.61. The van der Waals surface area contributed by atoms with Crippen molar-refractivity contribution in [2.45, 2.75) is 81.5 Å². The van der Waals surface area contributed by atoms with E-state index in [0.29, 0.717) is 0 Å². The smallest absolute Gasteiger partial charge is 0.0540 e. The van der Waals surface area contributed by atoms with E-state index in [4.69, 9.17) is 0 Å². The molecule has 0 amide bonds. The average Bonchev–Trinajstić information content (AvgIpc) is 3.67. The van der Waals surface area contributed by atoms with Gasteiger partial charge in [0, 0.05) is 27.6 Å². The molecule has 12 rings (SSSR count). The lowest BCUT2D eigenvalue weighted by atomic mass is 9.62. The molecule has 1 heteroatoms. The quantitative estimate of drug-likeness (QED) is 0.181. The third-order valence-electron chi connectivity index (χ3n) is 15.4. The lowest BCUT2D eigenvalue weighted by molar-refractivity contribution is 0.224. The zero-order chi connectivity index (χ0) is 34.0. The Labute approximate surface area is 308 Å². The van der Waals surface area contributed by atoms with Gasteiger partial charge in [0.2, 0.25) is 0 Å². The predicted octanol–water partition coefficient (Wildman–Crippen LogP) is 13.7. The van der Waals surface area contributed by atoms with Crippen LogP contribution in [0.2, 0.25) is 0 Å². The Morgan fingerprint density at radius 2 is 1.21 bits per heavy atom. The van der Waals surface area contributed by atoms with Crippen molar-refractivity contribution in [1.29, 1.82) is 0 Å². The first-order chi connectivity index (χ1) is 25.7. The molecule has 6 aromatic carbocycles. The molecule has 5 unspecified atom stereocenters. The number of nitrogens with zero attached hydrogens (tertiary/aromatic N) is 1. The summed E-state index contributed by atoms with van der Waals surface area (Å²) in [6.45, 7) is 0. The molecule has 4 saturated carbocycles. The first kappa shape index (κ1) is 29.9. The van der Waals surface area contributed by atoms with Crippen molar-refractivity contribution in [3.05, 3.63) is 150 Å². The maximum Gasteiger partial charge on any atom is 0.0540 e. The van der Waals surface area contributed by atoms with Crippen LogP contribution in [0.5, 0.6) is 0 Å². The minimum absolute atomic E-state index is 0.117. The molecule has 0 saturated heterocycles. The van der Waals surface area contributed by atoms with Crippen LogP contribution in [-0.2, 0) is 10.8 Å². The van der Waals surface area contributed by atoms with Crippen molar-refractivity contribution in [3.63, 3.8) is 0 Å². The average molecular weight is 674 g/mol. The Bertz CT molecular complexity index is 2410. The summed E-state index contributed by atoms with van der Waals surface area (Å²) in [6.07, 6.45) is 15.0. The van der Waals surface area contributed by atoms with E-state index in [1.165, 1.54) is 121 Å². The molecule has 0 aromatic heterocycles. The van der Waals surface area contributed by atoms with Gasteiger partial charge in [-0.3, -0.25) is 0 Å². The van der Waals surface area contributed by atoms with Crippen LogP contribution in [0.4, 0.5) is 17.1 Å². The summed E-state index contributed by atoms with van der Waals surface area (Å²) >= 11 is 0. The van der Waals surface area contributed by atoms with Crippen molar-refractivity contribution in [3.8, 4) is 22.3 Å². The van der Waals surface area contributed by atoms with Gasteiger partial charge in [0.1, 0.15) is 0 Å². The van der Waals surface area contributed by atoms with Crippen LogP contribution in [0.15, 0.2) is 127 Å². The highest BCUT2D eigenvalue weighted by atomic mass is 15.1. The van der Waals surface area contributed by atoms with E-state index in [1.54, 1.807) is 22.3 Å². The number of hydrogen-bond donors (Lipinski definition) is 0. The van der Waals surface area contributed by atoms with Gasteiger partial charge >= 0.3 is 0 Å². The Hall–Kier alpha value is -4.62. The minimum atomic E-state index is 0.117. The molecule has 2 spiro atoms. The molecule has 6 aliphatic rings. The van der Waals surface area contributed by atoms with E-state index in [1.807, 2.05) is 0 Å². The van der Waals surface area contributed by atoms with Gasteiger partial charge in [-0.1, -0.05) is 129 Å². The van der Waals surface area contributed by atoms with Crippen molar-refractivity contribution in [1.82, 2.24) is 0 Å². The maximum atomic E-state index is 2.61. The molecule has 52 heavy (non-hydrogen) atoms. The van der Waals surface area contributed by atoms with Crippen LogP contribution in [0.25, 0.3) is 33.0 Å². The first-order valence-electron chi connectivity index (χ1n) is 20.5. The second-order valence-corrected chi connectivity index (χ2v) is 17.5. The predicted molar refractivity (Wildman–Crippen MR) is 216 cm³/mol. The van der Waals surface area contributed by atoms with Gasteiger partial charge in [-0.15, -0.1) is 0 Å². The highest BCUT2D eigenvalue weighted by Crippen LogP contribution is 2.70. The molecule has 4 fully saturated rings. The molecular formula is C51H47N. The summed E-state index contributed by atoms with van der Waals surface area (Å²) < 4.78 is 0. The SMILES string of the molecule is c1ccc2c(c1)-c1ccc(N(c3ccc4c(c3)-c3ccccc3C43C4CC5CCCC3C(C5)C4)c3cccc4ccccc34)cc1C21CCCCC1. The Balaban J connectivity index is 1.08.